The number of tetrazole rings is 1. The molecule has 0 radical (unpaired) electrons. The highest BCUT2D eigenvalue weighted by Gasteiger charge is 2.26. The molecule has 1 N–H and O–H groups in total. The molecule has 4 heterocycles. The Hall–Kier alpha value is -3.57. The third kappa shape index (κ3) is 2.92. The minimum Gasteiger partial charge on any atom is -0.481 e. The lowest BCUT2D eigenvalue weighted by Crippen LogP contribution is -2.49. The molecule has 12 nitrogen and oxygen atoms in total. The van der Waals surface area contributed by atoms with Gasteiger partial charge in [0.2, 0.25) is 11.8 Å². The Balaban J connectivity index is 1.45. The van der Waals surface area contributed by atoms with Gasteiger partial charge in [-0.05, 0) is 10.4 Å². The molecule has 0 bridgehead atoms. The van der Waals surface area contributed by atoms with E-state index in [0.29, 0.717) is 49.4 Å². The second-order valence-electron chi connectivity index (χ2n) is 5.56. The van der Waals surface area contributed by atoms with Crippen molar-refractivity contribution in [3.8, 4) is 11.7 Å². The molecular formula is C14H16N10O2. The van der Waals surface area contributed by atoms with Crippen LogP contribution in [0.4, 0.5) is 5.95 Å². The number of aromatic nitrogens is 8. The van der Waals surface area contributed by atoms with Crippen LogP contribution in [0.25, 0.3) is 5.82 Å². The highest BCUT2D eigenvalue weighted by molar-refractivity contribution is 5.97. The van der Waals surface area contributed by atoms with E-state index in [1.165, 1.54) is 17.2 Å². The number of carbonyl (C=O) groups excluding carboxylic acids is 1. The van der Waals surface area contributed by atoms with Gasteiger partial charge in [-0.1, -0.05) is 0 Å². The van der Waals surface area contributed by atoms with Crippen LogP contribution in [0.5, 0.6) is 5.88 Å². The first-order valence-electron chi connectivity index (χ1n) is 7.94. The second-order valence-corrected chi connectivity index (χ2v) is 5.56. The van der Waals surface area contributed by atoms with Gasteiger partial charge in [0.25, 0.3) is 5.91 Å². The van der Waals surface area contributed by atoms with Crippen LogP contribution in [0.2, 0.25) is 0 Å². The van der Waals surface area contributed by atoms with E-state index in [-0.39, 0.29) is 5.91 Å². The Kier molecular flexibility index (Phi) is 4.13. The van der Waals surface area contributed by atoms with Crippen LogP contribution in [-0.4, -0.2) is 84.5 Å². The maximum Gasteiger partial charge on any atom is 0.259 e. The molecule has 0 saturated carbocycles. The Bertz CT molecular complexity index is 885. The number of methoxy groups -OCH3 is 1. The molecule has 12 heteroatoms. The Morgan fingerprint density at radius 2 is 2.12 bits per heavy atom. The summed E-state index contributed by atoms with van der Waals surface area (Å²) in [6, 6.07) is 1.70. The van der Waals surface area contributed by atoms with Crippen LogP contribution in [0.3, 0.4) is 0 Å². The van der Waals surface area contributed by atoms with Crippen molar-refractivity contribution in [2.45, 2.75) is 0 Å². The van der Waals surface area contributed by atoms with Gasteiger partial charge in [0.05, 0.1) is 13.3 Å². The predicted molar refractivity (Wildman–Crippen MR) is 88.0 cm³/mol. The first-order valence-corrected chi connectivity index (χ1v) is 7.94. The van der Waals surface area contributed by atoms with Crippen molar-refractivity contribution in [3.63, 3.8) is 0 Å². The number of carbonyl (C=O) groups is 1. The van der Waals surface area contributed by atoms with Gasteiger partial charge < -0.3 is 14.5 Å². The van der Waals surface area contributed by atoms with E-state index in [1.807, 2.05) is 4.90 Å². The molecule has 1 amide bonds. The summed E-state index contributed by atoms with van der Waals surface area (Å²) >= 11 is 0. The number of nitrogens with one attached hydrogen (secondary N) is 1. The number of amides is 1. The average Bonchev–Trinajstić information content (AvgIpc) is 3.39. The monoisotopic (exact) mass is 356 g/mol. The molecular weight excluding hydrogens is 340 g/mol. The molecule has 1 aliphatic heterocycles. The van der Waals surface area contributed by atoms with Gasteiger partial charge >= 0.3 is 0 Å². The standard InChI is InChI=1S/C14H16N10O2/c1-26-11-2-3-15-14(18-11)23-6-4-22(5-7-23)13(25)10-8-16-19-12(10)24-9-17-20-21-24/h2-3,8-9H,4-7H2,1H3,(H,16,19). The van der Waals surface area contributed by atoms with Crippen molar-refractivity contribution in [3.05, 3.63) is 30.4 Å². The summed E-state index contributed by atoms with van der Waals surface area (Å²) in [5.41, 5.74) is 0.420. The smallest absolute Gasteiger partial charge is 0.259 e. The van der Waals surface area contributed by atoms with E-state index in [0.717, 1.165) is 0 Å². The van der Waals surface area contributed by atoms with Crippen molar-refractivity contribution in [2.75, 3.05) is 38.2 Å². The molecule has 0 spiro atoms. The highest BCUT2D eigenvalue weighted by Crippen LogP contribution is 2.17. The van der Waals surface area contributed by atoms with Crippen LogP contribution in [0.1, 0.15) is 10.4 Å². The van der Waals surface area contributed by atoms with Crippen LogP contribution in [-0.2, 0) is 0 Å². The molecule has 134 valence electrons. The van der Waals surface area contributed by atoms with E-state index in [1.54, 1.807) is 24.3 Å². The Morgan fingerprint density at radius 1 is 1.27 bits per heavy atom. The number of rotatable bonds is 4. The summed E-state index contributed by atoms with van der Waals surface area (Å²) in [4.78, 5) is 25.2. The second kappa shape index (κ2) is 6.74. The topological polar surface area (TPSA) is 131 Å². The number of piperazine rings is 1. The number of ether oxygens (including phenoxy) is 1. The van der Waals surface area contributed by atoms with E-state index >= 15 is 0 Å². The van der Waals surface area contributed by atoms with Crippen LogP contribution < -0.4 is 9.64 Å². The number of nitrogens with zero attached hydrogens (tertiary/aromatic N) is 9. The van der Waals surface area contributed by atoms with E-state index in [2.05, 4.69) is 35.7 Å². The molecule has 3 aromatic heterocycles. The van der Waals surface area contributed by atoms with Gasteiger partial charge in [0.1, 0.15) is 11.9 Å². The fourth-order valence-electron chi connectivity index (χ4n) is 2.75. The normalized spacial score (nSPS) is 14.5. The van der Waals surface area contributed by atoms with Crippen molar-refractivity contribution in [2.24, 2.45) is 0 Å². The van der Waals surface area contributed by atoms with Gasteiger partial charge in [0.15, 0.2) is 5.82 Å². The summed E-state index contributed by atoms with van der Waals surface area (Å²) in [6.07, 6.45) is 4.54. The zero-order valence-electron chi connectivity index (χ0n) is 14.0. The number of H-pyrrole nitrogens is 1. The summed E-state index contributed by atoms with van der Waals surface area (Å²) in [6.45, 7) is 2.33. The van der Waals surface area contributed by atoms with Gasteiger partial charge in [-0.2, -0.15) is 14.8 Å². The predicted octanol–water partition coefficient (Wildman–Crippen LogP) is -0.854. The third-order valence-corrected chi connectivity index (χ3v) is 4.10. The van der Waals surface area contributed by atoms with Crippen LogP contribution in [0, 0.1) is 0 Å². The molecule has 0 atom stereocenters. The maximum absolute atomic E-state index is 12.8. The fourth-order valence-corrected chi connectivity index (χ4v) is 2.75. The minimum atomic E-state index is -0.129. The van der Waals surface area contributed by atoms with Crippen molar-refractivity contribution in [1.82, 2.24) is 45.3 Å². The molecule has 0 unspecified atom stereocenters. The molecule has 1 aliphatic rings. The third-order valence-electron chi connectivity index (χ3n) is 4.10. The van der Waals surface area contributed by atoms with Crippen molar-refractivity contribution in [1.29, 1.82) is 0 Å². The van der Waals surface area contributed by atoms with E-state index in [9.17, 15) is 4.79 Å². The van der Waals surface area contributed by atoms with E-state index < -0.39 is 0 Å². The summed E-state index contributed by atoms with van der Waals surface area (Å²) in [7, 11) is 1.57. The van der Waals surface area contributed by atoms with Gasteiger partial charge in [-0.3, -0.25) is 9.89 Å². The van der Waals surface area contributed by atoms with Crippen molar-refractivity contribution < 1.29 is 9.53 Å². The average molecular weight is 356 g/mol. The van der Waals surface area contributed by atoms with Crippen molar-refractivity contribution >= 4 is 11.9 Å². The molecule has 4 rings (SSSR count). The van der Waals surface area contributed by atoms with Gasteiger partial charge in [-0.25, -0.2) is 4.98 Å². The Morgan fingerprint density at radius 3 is 2.85 bits per heavy atom. The molecule has 0 aliphatic carbocycles. The largest absolute Gasteiger partial charge is 0.481 e. The number of aromatic amines is 1. The molecule has 3 aromatic rings. The van der Waals surface area contributed by atoms with E-state index in [4.69, 9.17) is 4.74 Å². The number of hydrogen-bond acceptors (Lipinski definition) is 9. The minimum absolute atomic E-state index is 0.129. The lowest BCUT2D eigenvalue weighted by Gasteiger charge is -2.34. The SMILES string of the molecule is COc1ccnc(N2CCN(C(=O)c3cn[nH]c3-n3cnnn3)CC2)n1. The van der Waals surface area contributed by atoms with Crippen LogP contribution >= 0.6 is 0 Å². The summed E-state index contributed by atoms with van der Waals surface area (Å²) in [5, 5.41) is 17.6. The maximum atomic E-state index is 12.8. The Labute approximate surface area is 147 Å². The summed E-state index contributed by atoms with van der Waals surface area (Å²) < 4.78 is 6.51. The summed E-state index contributed by atoms with van der Waals surface area (Å²) in [5.74, 6) is 1.42. The highest BCUT2D eigenvalue weighted by atomic mass is 16.5. The first-order chi connectivity index (χ1) is 12.8. The quantitative estimate of drug-likeness (QED) is 0.634. The van der Waals surface area contributed by atoms with Crippen LogP contribution in [0.15, 0.2) is 24.8 Å². The first kappa shape index (κ1) is 15.9. The molecule has 26 heavy (non-hydrogen) atoms. The van der Waals surface area contributed by atoms with Gasteiger partial charge in [-0.15, -0.1) is 5.10 Å². The zero-order valence-corrected chi connectivity index (χ0v) is 14.0. The molecule has 0 aromatic carbocycles. The molecule has 1 fully saturated rings. The lowest BCUT2D eigenvalue weighted by atomic mass is 10.2. The molecule has 1 saturated heterocycles. The zero-order chi connectivity index (χ0) is 17.9. The van der Waals surface area contributed by atoms with Gasteiger partial charge in [0, 0.05) is 38.4 Å². The number of anilines is 1. The number of hydrogen-bond donors (Lipinski definition) is 1. The lowest BCUT2D eigenvalue weighted by molar-refractivity contribution is 0.0746. The fraction of sp³-hybridized carbons (Fsp3) is 0.357.